The van der Waals surface area contributed by atoms with Gasteiger partial charge >= 0.3 is 0 Å². The van der Waals surface area contributed by atoms with Crippen molar-refractivity contribution < 1.29 is 0 Å². The van der Waals surface area contributed by atoms with E-state index in [2.05, 4.69) is 30.6 Å². The summed E-state index contributed by atoms with van der Waals surface area (Å²) in [5.41, 5.74) is 0.945. The van der Waals surface area contributed by atoms with E-state index < -0.39 is 0 Å². The van der Waals surface area contributed by atoms with Gasteiger partial charge in [0.2, 0.25) is 0 Å². The van der Waals surface area contributed by atoms with Crippen LogP contribution >= 0.6 is 11.6 Å². The average molecular weight is 203 g/mol. The lowest BCUT2D eigenvalue weighted by atomic mass is 10.2. The molecule has 1 rings (SSSR count). The molecule has 0 saturated heterocycles. The summed E-state index contributed by atoms with van der Waals surface area (Å²) in [7, 11) is 0. The van der Waals surface area contributed by atoms with Crippen LogP contribution in [0.2, 0.25) is 5.02 Å². The average Bonchev–Trinajstić information content (AvgIpc) is 2.21. The molecule has 0 radical (unpaired) electrons. The van der Waals surface area contributed by atoms with Crippen LogP contribution < -0.4 is 0 Å². The summed E-state index contributed by atoms with van der Waals surface area (Å²) in [6.07, 6.45) is 1.99. The van der Waals surface area contributed by atoms with Gasteiger partial charge in [-0.1, -0.05) is 30.4 Å². The third-order valence-electron chi connectivity index (χ3n) is 1.58. The van der Waals surface area contributed by atoms with Crippen LogP contribution in [0.4, 0.5) is 0 Å². The van der Waals surface area contributed by atoms with Gasteiger partial charge in [-0.15, -0.1) is 0 Å². The first kappa shape index (κ1) is 10.7. The molecule has 0 amide bonds. The van der Waals surface area contributed by atoms with Crippen LogP contribution in [-0.4, -0.2) is 0 Å². The molecule has 1 aromatic rings. The summed E-state index contributed by atoms with van der Waals surface area (Å²) in [6, 6.07) is 7.42. The molecule has 0 saturated carbocycles. The van der Waals surface area contributed by atoms with E-state index in [9.17, 15) is 0 Å². The van der Waals surface area contributed by atoms with Crippen molar-refractivity contribution in [2.45, 2.75) is 19.8 Å². The highest BCUT2D eigenvalue weighted by atomic mass is 35.5. The summed E-state index contributed by atoms with van der Waals surface area (Å²) >= 11 is 5.74. The summed E-state index contributed by atoms with van der Waals surface area (Å²) in [4.78, 5) is 0. The molecular formula is C13H11Cl. The predicted octanol–water partition coefficient (Wildman–Crippen LogP) is 3.50. The first-order chi connectivity index (χ1) is 6.83. The molecule has 0 spiro atoms. The Balaban J connectivity index is 2.61. The van der Waals surface area contributed by atoms with Crippen LogP contribution in [0, 0.1) is 23.7 Å². The van der Waals surface area contributed by atoms with Gasteiger partial charge in [0.1, 0.15) is 0 Å². The molecule has 0 aliphatic rings. The monoisotopic (exact) mass is 202 g/mol. The van der Waals surface area contributed by atoms with E-state index in [1.165, 1.54) is 0 Å². The third-order valence-corrected chi connectivity index (χ3v) is 1.83. The van der Waals surface area contributed by atoms with Gasteiger partial charge in [-0.05, 0) is 42.5 Å². The molecule has 1 aromatic carbocycles. The number of rotatable bonds is 1. The number of hydrogen-bond donors (Lipinski definition) is 0. The highest BCUT2D eigenvalue weighted by Gasteiger charge is 1.85. The maximum absolute atomic E-state index is 5.74. The smallest absolute Gasteiger partial charge is 0.0406 e. The Morgan fingerprint density at radius 2 is 1.86 bits per heavy atom. The first-order valence-corrected chi connectivity index (χ1v) is 4.95. The third kappa shape index (κ3) is 4.04. The van der Waals surface area contributed by atoms with Crippen molar-refractivity contribution >= 4 is 11.6 Å². The van der Waals surface area contributed by atoms with Crippen molar-refractivity contribution in [1.82, 2.24) is 0 Å². The van der Waals surface area contributed by atoms with Gasteiger partial charge in [0.05, 0.1) is 0 Å². The molecule has 0 bridgehead atoms. The number of unbranched alkanes of at least 4 members (excludes halogenated alkanes) is 1. The summed E-state index contributed by atoms with van der Waals surface area (Å²) in [6.45, 7) is 2.10. The molecule has 0 fully saturated rings. The second-order valence-electron chi connectivity index (χ2n) is 2.81. The van der Waals surface area contributed by atoms with E-state index >= 15 is 0 Å². The minimum Gasteiger partial charge on any atom is -0.0891 e. The Bertz CT molecular complexity index is 393. The van der Waals surface area contributed by atoms with Crippen molar-refractivity contribution in [2.75, 3.05) is 0 Å². The maximum Gasteiger partial charge on any atom is 0.0406 e. The van der Waals surface area contributed by atoms with Crippen molar-refractivity contribution in [2.24, 2.45) is 0 Å². The molecule has 0 atom stereocenters. The van der Waals surface area contributed by atoms with Gasteiger partial charge in [-0.25, -0.2) is 0 Å². The van der Waals surface area contributed by atoms with Crippen molar-refractivity contribution in [3.8, 4) is 23.7 Å². The molecule has 0 aliphatic heterocycles. The second kappa shape index (κ2) is 6.14. The fraction of sp³-hybridized carbons (Fsp3) is 0.231. The lowest BCUT2D eigenvalue weighted by molar-refractivity contribution is 0.983. The van der Waals surface area contributed by atoms with Gasteiger partial charge in [0.25, 0.3) is 0 Å². The van der Waals surface area contributed by atoms with E-state index in [1.54, 1.807) is 0 Å². The van der Waals surface area contributed by atoms with E-state index in [0.717, 1.165) is 23.4 Å². The molecule has 0 aliphatic carbocycles. The second-order valence-corrected chi connectivity index (χ2v) is 3.25. The first-order valence-electron chi connectivity index (χ1n) is 4.57. The Morgan fingerprint density at radius 3 is 2.50 bits per heavy atom. The molecule has 14 heavy (non-hydrogen) atoms. The van der Waals surface area contributed by atoms with E-state index in [0.29, 0.717) is 0 Å². The number of benzene rings is 1. The zero-order valence-electron chi connectivity index (χ0n) is 8.10. The Morgan fingerprint density at radius 1 is 1.14 bits per heavy atom. The molecule has 70 valence electrons. The van der Waals surface area contributed by atoms with E-state index in [-0.39, 0.29) is 0 Å². The molecule has 0 heterocycles. The molecule has 1 heteroatoms. The van der Waals surface area contributed by atoms with Crippen LogP contribution in [0.25, 0.3) is 0 Å². The number of halogens is 1. The predicted molar refractivity (Wildman–Crippen MR) is 61.0 cm³/mol. The zero-order chi connectivity index (χ0) is 10.2. The van der Waals surface area contributed by atoms with Crippen LogP contribution in [0.5, 0.6) is 0 Å². The van der Waals surface area contributed by atoms with Crippen LogP contribution in [0.15, 0.2) is 24.3 Å². The fourth-order valence-corrected chi connectivity index (χ4v) is 0.994. The van der Waals surface area contributed by atoms with Crippen LogP contribution in [0.1, 0.15) is 25.3 Å². The number of hydrogen-bond acceptors (Lipinski definition) is 0. The molecule has 0 N–H and O–H groups in total. The Hall–Kier alpha value is -1.37. The molecule has 0 nitrogen and oxygen atoms in total. The van der Waals surface area contributed by atoms with E-state index in [4.69, 9.17) is 11.6 Å². The largest absolute Gasteiger partial charge is 0.0891 e. The fourth-order valence-electron chi connectivity index (χ4n) is 0.868. The highest BCUT2D eigenvalue weighted by Crippen LogP contribution is 2.07. The van der Waals surface area contributed by atoms with Gasteiger partial charge in [0, 0.05) is 17.0 Å². The normalized spacial score (nSPS) is 8.14. The standard InChI is InChI=1S/C13H11Cl/c1-2-3-4-5-6-7-12-8-10-13(14)11-9-12/h8-11H,2-3H2,1H3. The van der Waals surface area contributed by atoms with Gasteiger partial charge in [-0.2, -0.15) is 0 Å². The van der Waals surface area contributed by atoms with Gasteiger partial charge in [0.15, 0.2) is 0 Å². The van der Waals surface area contributed by atoms with Crippen LogP contribution in [-0.2, 0) is 0 Å². The summed E-state index contributed by atoms with van der Waals surface area (Å²) < 4.78 is 0. The lowest BCUT2D eigenvalue weighted by Crippen LogP contribution is -1.71. The quantitative estimate of drug-likeness (QED) is 0.612. The van der Waals surface area contributed by atoms with E-state index in [1.807, 2.05) is 24.3 Å². The molecular weight excluding hydrogens is 192 g/mol. The SMILES string of the molecule is CCCC#CC#Cc1ccc(Cl)cc1. The van der Waals surface area contributed by atoms with Crippen molar-refractivity contribution in [1.29, 1.82) is 0 Å². The summed E-state index contributed by atoms with van der Waals surface area (Å²) in [5.74, 6) is 11.5. The Kier molecular flexibility index (Phi) is 4.70. The lowest BCUT2D eigenvalue weighted by Gasteiger charge is -1.88. The minimum atomic E-state index is 0.729. The van der Waals surface area contributed by atoms with Crippen molar-refractivity contribution in [3.05, 3.63) is 34.9 Å². The topological polar surface area (TPSA) is 0 Å². The van der Waals surface area contributed by atoms with Gasteiger partial charge in [-0.3, -0.25) is 0 Å². The molecule has 0 unspecified atom stereocenters. The van der Waals surface area contributed by atoms with Crippen molar-refractivity contribution in [3.63, 3.8) is 0 Å². The Labute approximate surface area is 90.3 Å². The van der Waals surface area contributed by atoms with Crippen LogP contribution in [0.3, 0.4) is 0 Å². The summed E-state index contributed by atoms with van der Waals surface area (Å²) in [5, 5.41) is 0.729. The maximum atomic E-state index is 5.74. The zero-order valence-corrected chi connectivity index (χ0v) is 8.86. The highest BCUT2D eigenvalue weighted by molar-refractivity contribution is 6.30. The molecule has 0 aromatic heterocycles. The minimum absolute atomic E-state index is 0.729. The van der Waals surface area contributed by atoms with Gasteiger partial charge < -0.3 is 0 Å².